The summed E-state index contributed by atoms with van der Waals surface area (Å²) in [5, 5.41) is 2.02. The number of anilines is 1. The average molecular weight is 242 g/mol. The Balaban J connectivity index is 3.24. The molecule has 0 spiro atoms. The molecule has 0 atom stereocenters. The third-order valence-electron chi connectivity index (χ3n) is 2.29. The molecule has 0 radical (unpaired) electrons. The lowest BCUT2D eigenvalue weighted by Gasteiger charge is -2.21. The predicted octanol–water partition coefficient (Wildman–Crippen LogP) is 3.55. The lowest BCUT2D eigenvalue weighted by molar-refractivity contribution is 0.596. The Bertz CT molecular complexity index is 424. The summed E-state index contributed by atoms with van der Waals surface area (Å²) in [7, 11) is 0. The largest absolute Gasteiger partial charge is 0.370 e. The maximum Gasteiger partial charge on any atom is 0.151 e. The number of benzene rings is 1. The van der Waals surface area contributed by atoms with Crippen LogP contribution in [0.2, 0.25) is 0 Å². The fourth-order valence-electron chi connectivity index (χ4n) is 1.47. The first-order valence-corrected chi connectivity index (χ1v) is 5.36. The molecule has 16 heavy (non-hydrogen) atoms. The first-order valence-electron chi connectivity index (χ1n) is 4.95. The summed E-state index contributed by atoms with van der Waals surface area (Å²) in [5.41, 5.74) is 0.120. The van der Waals surface area contributed by atoms with Crippen molar-refractivity contribution < 1.29 is 8.78 Å². The molecule has 0 fully saturated rings. The molecular formula is C11H12F2N2S. The summed E-state index contributed by atoms with van der Waals surface area (Å²) in [4.78, 5) is 5.18. The second-order valence-electron chi connectivity index (χ2n) is 3.13. The molecule has 1 aromatic carbocycles. The number of hydrogen-bond donors (Lipinski definition) is 0. The molecule has 0 N–H and O–H groups in total. The van der Waals surface area contributed by atoms with Gasteiger partial charge >= 0.3 is 0 Å². The molecule has 0 saturated carbocycles. The van der Waals surface area contributed by atoms with Crippen molar-refractivity contribution in [3.05, 3.63) is 23.8 Å². The Hall–Kier alpha value is -1.32. The van der Waals surface area contributed by atoms with Crippen LogP contribution in [0.25, 0.3) is 0 Å². The molecule has 0 saturated heterocycles. The zero-order chi connectivity index (χ0) is 12.1. The van der Waals surface area contributed by atoms with E-state index in [9.17, 15) is 8.78 Å². The van der Waals surface area contributed by atoms with Gasteiger partial charge < -0.3 is 4.90 Å². The summed E-state index contributed by atoms with van der Waals surface area (Å²) in [5.74, 6) is -1.10. The third-order valence-corrected chi connectivity index (χ3v) is 2.38. The highest BCUT2D eigenvalue weighted by molar-refractivity contribution is 7.78. The summed E-state index contributed by atoms with van der Waals surface area (Å²) >= 11 is 4.35. The fourth-order valence-corrected chi connectivity index (χ4v) is 1.57. The Morgan fingerprint density at radius 3 is 2.38 bits per heavy atom. The van der Waals surface area contributed by atoms with E-state index in [-0.39, 0.29) is 11.4 Å². The van der Waals surface area contributed by atoms with Crippen LogP contribution in [-0.4, -0.2) is 18.3 Å². The van der Waals surface area contributed by atoms with E-state index in [4.69, 9.17) is 0 Å². The average Bonchev–Trinajstić information content (AvgIpc) is 2.26. The Kier molecular flexibility index (Phi) is 4.52. The molecule has 1 aromatic rings. The van der Waals surface area contributed by atoms with Crippen molar-refractivity contribution in [1.82, 2.24) is 0 Å². The highest BCUT2D eigenvalue weighted by atomic mass is 32.1. The summed E-state index contributed by atoms with van der Waals surface area (Å²) < 4.78 is 27.1. The van der Waals surface area contributed by atoms with Gasteiger partial charge in [0.05, 0.1) is 10.8 Å². The van der Waals surface area contributed by atoms with Gasteiger partial charge in [0, 0.05) is 25.2 Å². The monoisotopic (exact) mass is 242 g/mol. The van der Waals surface area contributed by atoms with E-state index in [0.717, 1.165) is 12.1 Å². The lowest BCUT2D eigenvalue weighted by Crippen LogP contribution is -2.23. The molecule has 2 nitrogen and oxygen atoms in total. The second-order valence-corrected chi connectivity index (χ2v) is 3.31. The second kappa shape index (κ2) is 5.68. The van der Waals surface area contributed by atoms with Crippen molar-refractivity contribution >= 4 is 28.8 Å². The first-order chi connectivity index (χ1) is 7.63. The van der Waals surface area contributed by atoms with Gasteiger partial charge in [0.1, 0.15) is 11.5 Å². The summed E-state index contributed by atoms with van der Waals surface area (Å²) in [6.45, 7) is 4.99. The number of halogens is 2. The maximum atomic E-state index is 13.6. The molecular weight excluding hydrogens is 230 g/mol. The van der Waals surface area contributed by atoms with Crippen molar-refractivity contribution in [2.75, 3.05) is 18.0 Å². The summed E-state index contributed by atoms with van der Waals surface area (Å²) in [6.07, 6.45) is 0. The normalized spacial score (nSPS) is 9.75. The van der Waals surface area contributed by atoms with Crippen LogP contribution < -0.4 is 4.90 Å². The van der Waals surface area contributed by atoms with E-state index in [0.29, 0.717) is 13.1 Å². The standard InChI is InChI=1S/C11H12F2N2S/c1-3-15(4-2)11-6-8(12)10(14-7-16)5-9(11)13/h5-6H,3-4H2,1-2H3. The molecule has 0 unspecified atom stereocenters. The molecule has 0 heterocycles. The lowest BCUT2D eigenvalue weighted by atomic mass is 10.2. The van der Waals surface area contributed by atoms with E-state index in [1.807, 2.05) is 19.0 Å². The zero-order valence-corrected chi connectivity index (χ0v) is 9.94. The molecule has 86 valence electrons. The van der Waals surface area contributed by atoms with E-state index in [2.05, 4.69) is 17.2 Å². The highest BCUT2D eigenvalue weighted by Gasteiger charge is 2.13. The van der Waals surface area contributed by atoms with Crippen molar-refractivity contribution in [2.45, 2.75) is 13.8 Å². The minimum atomic E-state index is -0.597. The van der Waals surface area contributed by atoms with Gasteiger partial charge in [-0.2, -0.15) is 4.99 Å². The Morgan fingerprint density at radius 2 is 1.88 bits per heavy atom. The molecule has 0 aliphatic carbocycles. The van der Waals surface area contributed by atoms with Crippen LogP contribution in [0.3, 0.4) is 0 Å². The minimum absolute atomic E-state index is 0.122. The van der Waals surface area contributed by atoms with Crippen LogP contribution in [0.1, 0.15) is 13.8 Å². The van der Waals surface area contributed by atoms with E-state index in [1.54, 1.807) is 4.90 Å². The first kappa shape index (κ1) is 12.7. The van der Waals surface area contributed by atoms with Crippen LogP contribution in [0.5, 0.6) is 0 Å². The van der Waals surface area contributed by atoms with Gasteiger partial charge in [-0.1, -0.05) is 0 Å². The van der Waals surface area contributed by atoms with Gasteiger partial charge in [-0.3, -0.25) is 0 Å². The molecule has 0 bridgehead atoms. The van der Waals surface area contributed by atoms with E-state index in [1.165, 1.54) is 0 Å². The van der Waals surface area contributed by atoms with Crippen molar-refractivity contribution in [3.63, 3.8) is 0 Å². The molecule has 0 aliphatic heterocycles. The number of nitrogens with zero attached hydrogens (tertiary/aromatic N) is 2. The molecule has 0 aromatic heterocycles. The van der Waals surface area contributed by atoms with Crippen molar-refractivity contribution in [1.29, 1.82) is 0 Å². The topological polar surface area (TPSA) is 15.6 Å². The van der Waals surface area contributed by atoms with Crippen LogP contribution in [0.15, 0.2) is 17.1 Å². The van der Waals surface area contributed by atoms with Crippen LogP contribution in [0.4, 0.5) is 20.2 Å². The van der Waals surface area contributed by atoms with Gasteiger partial charge in [0.2, 0.25) is 0 Å². The van der Waals surface area contributed by atoms with E-state index >= 15 is 0 Å². The zero-order valence-electron chi connectivity index (χ0n) is 9.13. The Morgan fingerprint density at radius 1 is 1.25 bits per heavy atom. The molecule has 0 amide bonds. The van der Waals surface area contributed by atoms with Gasteiger partial charge in [0.25, 0.3) is 0 Å². The van der Waals surface area contributed by atoms with Gasteiger partial charge in [0.15, 0.2) is 5.82 Å². The number of isothiocyanates is 1. The molecule has 1 rings (SSSR count). The maximum absolute atomic E-state index is 13.6. The van der Waals surface area contributed by atoms with Crippen LogP contribution in [0, 0.1) is 11.6 Å². The van der Waals surface area contributed by atoms with Crippen molar-refractivity contribution in [3.8, 4) is 0 Å². The molecule has 5 heteroatoms. The highest BCUT2D eigenvalue weighted by Crippen LogP contribution is 2.27. The Labute approximate surface area is 98.6 Å². The molecule has 0 aliphatic rings. The van der Waals surface area contributed by atoms with Crippen LogP contribution in [-0.2, 0) is 0 Å². The SMILES string of the molecule is CCN(CC)c1cc(F)c(N=C=S)cc1F. The summed E-state index contributed by atoms with van der Waals surface area (Å²) in [6, 6.07) is 2.16. The fraction of sp³-hybridized carbons (Fsp3) is 0.364. The van der Waals surface area contributed by atoms with E-state index < -0.39 is 11.6 Å². The quantitative estimate of drug-likeness (QED) is 0.592. The minimum Gasteiger partial charge on any atom is -0.370 e. The number of aliphatic imine (C=N–C) groups is 1. The number of hydrogen-bond acceptors (Lipinski definition) is 3. The van der Waals surface area contributed by atoms with Crippen LogP contribution >= 0.6 is 12.2 Å². The predicted molar refractivity (Wildman–Crippen MR) is 64.6 cm³/mol. The van der Waals surface area contributed by atoms with Gasteiger partial charge in [-0.05, 0) is 26.1 Å². The van der Waals surface area contributed by atoms with Gasteiger partial charge in [-0.25, -0.2) is 8.78 Å². The smallest absolute Gasteiger partial charge is 0.151 e. The number of thiocarbonyl (C=S) groups is 1. The third kappa shape index (κ3) is 2.62. The van der Waals surface area contributed by atoms with Crippen molar-refractivity contribution in [2.24, 2.45) is 4.99 Å². The van der Waals surface area contributed by atoms with Gasteiger partial charge in [-0.15, -0.1) is 0 Å². The number of rotatable bonds is 4.